The van der Waals surface area contributed by atoms with Gasteiger partial charge in [0.15, 0.2) is 0 Å². The lowest BCUT2D eigenvalue weighted by Gasteiger charge is -2.28. The van der Waals surface area contributed by atoms with Crippen LogP contribution in [-0.2, 0) is 11.3 Å². The molecule has 7 nitrogen and oxygen atoms in total. The van der Waals surface area contributed by atoms with E-state index in [1.54, 1.807) is 18.0 Å². The molecule has 3 rings (SSSR count). The smallest absolute Gasteiger partial charge is 0.322 e. The van der Waals surface area contributed by atoms with Crippen molar-refractivity contribution in [3.8, 4) is 0 Å². The van der Waals surface area contributed by atoms with Crippen LogP contribution in [0.1, 0.15) is 43.2 Å². The number of hydrogen-bond acceptors (Lipinski definition) is 4. The molecule has 2 amide bonds. The number of carbonyl (C=O) groups excluding carboxylic acids is 1. The summed E-state index contributed by atoms with van der Waals surface area (Å²) >= 11 is 0. The standard InChI is InChI=1S/C18H26N4O3/c1-14-7-8-17(25-14)16-6-4-3-5-9-22(16)18(23)20-15-12-19-21(13-15)10-11-24-2/h7-8,12-13,16H,3-6,9-11H2,1-2H3,(H,20,23)/t16-/m1/s1. The van der Waals surface area contributed by atoms with Gasteiger partial charge in [0.2, 0.25) is 0 Å². The van der Waals surface area contributed by atoms with Crippen LogP contribution in [0.15, 0.2) is 28.9 Å². The number of ether oxygens (including phenoxy) is 1. The van der Waals surface area contributed by atoms with E-state index in [0.717, 1.165) is 43.7 Å². The van der Waals surface area contributed by atoms with Crippen molar-refractivity contribution in [2.24, 2.45) is 0 Å². The highest BCUT2D eigenvalue weighted by Gasteiger charge is 2.29. The summed E-state index contributed by atoms with van der Waals surface area (Å²) in [6, 6.07) is 3.82. The Labute approximate surface area is 147 Å². The van der Waals surface area contributed by atoms with Crippen molar-refractivity contribution in [1.82, 2.24) is 14.7 Å². The molecule has 1 atom stereocenters. The third-order valence-corrected chi connectivity index (χ3v) is 4.51. The van der Waals surface area contributed by atoms with E-state index in [9.17, 15) is 4.79 Å². The second-order valence-electron chi connectivity index (χ2n) is 6.42. The predicted octanol–water partition coefficient (Wildman–Crippen LogP) is 3.58. The van der Waals surface area contributed by atoms with Crippen molar-refractivity contribution in [2.75, 3.05) is 25.6 Å². The Bertz CT molecular complexity index is 694. The maximum Gasteiger partial charge on any atom is 0.322 e. The molecule has 3 heterocycles. The van der Waals surface area contributed by atoms with Crippen LogP contribution < -0.4 is 5.32 Å². The number of aromatic nitrogens is 2. The van der Waals surface area contributed by atoms with Gasteiger partial charge in [0.25, 0.3) is 0 Å². The van der Waals surface area contributed by atoms with E-state index in [-0.39, 0.29) is 12.1 Å². The summed E-state index contributed by atoms with van der Waals surface area (Å²) in [5.41, 5.74) is 0.694. The van der Waals surface area contributed by atoms with Gasteiger partial charge >= 0.3 is 6.03 Å². The van der Waals surface area contributed by atoms with Gasteiger partial charge in [-0.3, -0.25) is 4.68 Å². The Hall–Kier alpha value is -2.28. The third kappa shape index (κ3) is 4.42. The van der Waals surface area contributed by atoms with Gasteiger partial charge in [0.1, 0.15) is 11.5 Å². The maximum absolute atomic E-state index is 12.8. The minimum absolute atomic E-state index is 0.0141. The fourth-order valence-corrected chi connectivity index (χ4v) is 3.21. The number of aryl methyl sites for hydroxylation is 1. The third-order valence-electron chi connectivity index (χ3n) is 4.51. The van der Waals surface area contributed by atoms with Crippen LogP contribution in [0.25, 0.3) is 0 Å². The molecular formula is C18H26N4O3. The van der Waals surface area contributed by atoms with Crippen LogP contribution in [0.3, 0.4) is 0 Å². The molecule has 0 saturated carbocycles. The first kappa shape index (κ1) is 17.5. The molecular weight excluding hydrogens is 320 g/mol. The Morgan fingerprint density at radius 3 is 3.04 bits per heavy atom. The molecule has 1 saturated heterocycles. The number of urea groups is 1. The van der Waals surface area contributed by atoms with Crippen molar-refractivity contribution in [3.63, 3.8) is 0 Å². The minimum atomic E-state index is -0.104. The molecule has 0 radical (unpaired) electrons. The fraction of sp³-hybridized carbons (Fsp3) is 0.556. The Balaban J connectivity index is 1.70. The van der Waals surface area contributed by atoms with E-state index in [4.69, 9.17) is 9.15 Å². The number of nitrogens with one attached hydrogen (secondary N) is 1. The highest BCUT2D eigenvalue weighted by molar-refractivity contribution is 5.89. The Morgan fingerprint density at radius 1 is 1.40 bits per heavy atom. The fourth-order valence-electron chi connectivity index (χ4n) is 3.21. The lowest BCUT2D eigenvalue weighted by molar-refractivity contribution is 0.178. The molecule has 1 aliphatic rings. The number of hydrogen-bond donors (Lipinski definition) is 1. The van der Waals surface area contributed by atoms with Crippen LogP contribution >= 0.6 is 0 Å². The SMILES string of the molecule is COCCn1cc(NC(=O)N2CCCCC[C@@H]2c2ccc(C)o2)cn1. The molecule has 1 fully saturated rings. The lowest BCUT2D eigenvalue weighted by atomic mass is 10.1. The van der Waals surface area contributed by atoms with Crippen molar-refractivity contribution >= 4 is 11.7 Å². The number of rotatable bonds is 5. The summed E-state index contributed by atoms with van der Waals surface area (Å²) in [5, 5.41) is 7.20. The van der Waals surface area contributed by atoms with Gasteiger partial charge in [0.05, 0.1) is 31.1 Å². The zero-order chi connectivity index (χ0) is 17.6. The second-order valence-corrected chi connectivity index (χ2v) is 6.42. The Kier molecular flexibility index (Phi) is 5.75. The summed E-state index contributed by atoms with van der Waals surface area (Å²) in [5.74, 6) is 1.74. The van der Waals surface area contributed by atoms with Crippen LogP contribution in [0.4, 0.5) is 10.5 Å². The highest BCUT2D eigenvalue weighted by atomic mass is 16.5. The molecule has 2 aromatic rings. The number of anilines is 1. The van der Waals surface area contributed by atoms with Gasteiger partial charge in [-0.05, 0) is 31.9 Å². The van der Waals surface area contributed by atoms with E-state index in [2.05, 4.69) is 10.4 Å². The highest BCUT2D eigenvalue weighted by Crippen LogP contribution is 2.31. The van der Waals surface area contributed by atoms with Gasteiger partial charge in [-0.2, -0.15) is 5.10 Å². The number of methoxy groups -OCH3 is 1. The molecule has 2 aromatic heterocycles. The number of furan rings is 1. The average Bonchev–Trinajstić information content (AvgIpc) is 3.14. The zero-order valence-corrected chi connectivity index (χ0v) is 14.9. The van der Waals surface area contributed by atoms with Crippen molar-refractivity contribution in [3.05, 3.63) is 36.0 Å². The van der Waals surface area contributed by atoms with Gasteiger partial charge in [-0.1, -0.05) is 12.8 Å². The number of likely N-dealkylation sites (tertiary alicyclic amines) is 1. The Morgan fingerprint density at radius 2 is 2.28 bits per heavy atom. The van der Waals surface area contributed by atoms with Crippen LogP contribution in [-0.4, -0.2) is 41.0 Å². The molecule has 0 aromatic carbocycles. The minimum Gasteiger partial charge on any atom is -0.464 e. The second kappa shape index (κ2) is 8.20. The van der Waals surface area contributed by atoms with E-state index < -0.39 is 0 Å². The number of carbonyl (C=O) groups is 1. The first-order valence-electron chi connectivity index (χ1n) is 8.82. The molecule has 0 bridgehead atoms. The molecule has 1 N–H and O–H groups in total. The monoisotopic (exact) mass is 346 g/mol. The van der Waals surface area contributed by atoms with Gasteiger partial charge in [-0.15, -0.1) is 0 Å². The van der Waals surface area contributed by atoms with Crippen LogP contribution in [0.5, 0.6) is 0 Å². The quantitative estimate of drug-likeness (QED) is 0.898. The summed E-state index contributed by atoms with van der Waals surface area (Å²) in [6.07, 6.45) is 7.65. The normalized spacial score (nSPS) is 18.2. The van der Waals surface area contributed by atoms with E-state index in [1.807, 2.05) is 30.2 Å². The molecule has 7 heteroatoms. The first-order chi connectivity index (χ1) is 12.2. The summed E-state index contributed by atoms with van der Waals surface area (Å²) in [4.78, 5) is 14.7. The molecule has 0 spiro atoms. The average molecular weight is 346 g/mol. The van der Waals surface area contributed by atoms with Crippen LogP contribution in [0.2, 0.25) is 0 Å². The van der Waals surface area contributed by atoms with Gasteiger partial charge in [0, 0.05) is 19.9 Å². The summed E-state index contributed by atoms with van der Waals surface area (Å²) in [7, 11) is 1.65. The summed E-state index contributed by atoms with van der Waals surface area (Å²) in [6.45, 7) is 3.90. The molecule has 0 aliphatic carbocycles. The largest absolute Gasteiger partial charge is 0.464 e. The van der Waals surface area contributed by atoms with Crippen LogP contribution in [0, 0.1) is 6.92 Å². The van der Waals surface area contributed by atoms with Crippen molar-refractivity contribution in [1.29, 1.82) is 0 Å². The van der Waals surface area contributed by atoms with Crippen molar-refractivity contribution in [2.45, 2.75) is 45.2 Å². The van der Waals surface area contributed by atoms with Gasteiger partial charge < -0.3 is 19.4 Å². The summed E-state index contributed by atoms with van der Waals surface area (Å²) < 4.78 is 12.6. The van der Waals surface area contributed by atoms with E-state index in [0.29, 0.717) is 18.8 Å². The first-order valence-corrected chi connectivity index (χ1v) is 8.82. The van der Waals surface area contributed by atoms with E-state index >= 15 is 0 Å². The molecule has 136 valence electrons. The zero-order valence-electron chi connectivity index (χ0n) is 14.9. The molecule has 25 heavy (non-hydrogen) atoms. The van der Waals surface area contributed by atoms with Crippen molar-refractivity contribution < 1.29 is 13.9 Å². The number of nitrogens with zero attached hydrogens (tertiary/aromatic N) is 3. The molecule has 1 aliphatic heterocycles. The lowest BCUT2D eigenvalue weighted by Crippen LogP contribution is -2.37. The van der Waals surface area contributed by atoms with E-state index in [1.165, 1.54) is 0 Å². The maximum atomic E-state index is 12.8. The number of amides is 2. The topological polar surface area (TPSA) is 72.5 Å². The predicted molar refractivity (Wildman–Crippen MR) is 94.5 cm³/mol. The molecule has 0 unspecified atom stereocenters. The van der Waals surface area contributed by atoms with Gasteiger partial charge in [-0.25, -0.2) is 4.79 Å².